The molecule has 4 rings (SSSR count). The largest absolute Gasteiger partial charge is 0.382 e. The Hall–Kier alpha value is -2.78. The molecule has 0 aliphatic heterocycles. The molecule has 0 spiro atoms. The van der Waals surface area contributed by atoms with Crippen LogP contribution >= 0.6 is 11.8 Å². The fourth-order valence-corrected chi connectivity index (χ4v) is 4.42. The molecule has 31 heavy (non-hydrogen) atoms. The lowest BCUT2D eigenvalue weighted by atomic mass is 10.2. The van der Waals surface area contributed by atoms with Crippen molar-refractivity contribution in [2.45, 2.75) is 37.3 Å². The van der Waals surface area contributed by atoms with Crippen molar-refractivity contribution in [2.75, 3.05) is 13.2 Å². The van der Waals surface area contributed by atoms with Crippen LogP contribution in [0.15, 0.2) is 58.5 Å². The van der Waals surface area contributed by atoms with Crippen LogP contribution in [0.2, 0.25) is 0 Å². The summed E-state index contributed by atoms with van der Waals surface area (Å²) in [4.78, 5) is 22.1. The van der Waals surface area contributed by atoms with Gasteiger partial charge in [-0.25, -0.2) is 9.97 Å². The van der Waals surface area contributed by atoms with Gasteiger partial charge in [0, 0.05) is 19.8 Å². The summed E-state index contributed by atoms with van der Waals surface area (Å²) in [5.74, 6) is 0.402. The fraction of sp³-hybridized carbons (Fsp3) is 0.318. The van der Waals surface area contributed by atoms with E-state index in [0.717, 1.165) is 4.57 Å². The number of imidazole rings is 1. The van der Waals surface area contributed by atoms with E-state index in [4.69, 9.17) is 4.74 Å². The van der Waals surface area contributed by atoms with Crippen LogP contribution in [0.25, 0.3) is 21.9 Å². The molecule has 162 valence electrons. The highest BCUT2D eigenvalue weighted by Crippen LogP contribution is 2.28. The van der Waals surface area contributed by atoms with E-state index in [2.05, 4.69) is 9.97 Å². The molecule has 2 heterocycles. The summed E-state index contributed by atoms with van der Waals surface area (Å²) in [5.41, 5.74) is 1.33. The Morgan fingerprint density at radius 3 is 2.58 bits per heavy atom. The molecule has 0 unspecified atom stereocenters. The molecule has 0 aliphatic carbocycles. The number of ether oxygens (including phenoxy) is 1. The SMILES string of the molecule is CCOCCCn1c(SCc2nc3ccccc3n2C(F)F)nc2ccccc2c1=O. The average Bonchev–Trinajstić information content (AvgIpc) is 3.15. The average molecular weight is 445 g/mol. The maximum atomic E-state index is 13.7. The summed E-state index contributed by atoms with van der Waals surface area (Å²) in [6, 6.07) is 13.9. The third kappa shape index (κ3) is 4.47. The first-order chi connectivity index (χ1) is 15.1. The quantitative estimate of drug-likeness (QED) is 0.210. The van der Waals surface area contributed by atoms with E-state index in [1.807, 2.05) is 13.0 Å². The molecule has 6 nitrogen and oxygen atoms in total. The Morgan fingerprint density at radius 2 is 1.81 bits per heavy atom. The van der Waals surface area contributed by atoms with Gasteiger partial charge in [-0.2, -0.15) is 8.78 Å². The maximum Gasteiger partial charge on any atom is 0.320 e. The highest BCUT2D eigenvalue weighted by molar-refractivity contribution is 7.98. The van der Waals surface area contributed by atoms with Gasteiger partial charge in [-0.1, -0.05) is 36.0 Å². The molecule has 0 N–H and O–H groups in total. The predicted molar refractivity (Wildman–Crippen MR) is 118 cm³/mol. The zero-order valence-corrected chi connectivity index (χ0v) is 17.8. The van der Waals surface area contributed by atoms with Gasteiger partial charge in [-0.05, 0) is 37.6 Å². The topological polar surface area (TPSA) is 61.9 Å². The molecule has 0 amide bonds. The second-order valence-corrected chi connectivity index (χ2v) is 7.81. The van der Waals surface area contributed by atoms with Crippen molar-refractivity contribution in [3.05, 3.63) is 64.7 Å². The van der Waals surface area contributed by atoms with Gasteiger partial charge in [-0.15, -0.1) is 0 Å². The van der Waals surface area contributed by atoms with Crippen LogP contribution in [0.1, 0.15) is 25.7 Å². The molecular formula is C22H22F2N4O2S. The minimum atomic E-state index is -2.71. The summed E-state index contributed by atoms with van der Waals surface area (Å²) < 4.78 is 35.4. The molecule has 0 radical (unpaired) electrons. The lowest BCUT2D eigenvalue weighted by Crippen LogP contribution is -2.24. The summed E-state index contributed by atoms with van der Waals surface area (Å²) in [6.07, 6.45) is 0.650. The van der Waals surface area contributed by atoms with Crippen molar-refractivity contribution in [2.24, 2.45) is 0 Å². The molecule has 0 bridgehead atoms. The van der Waals surface area contributed by atoms with E-state index in [1.54, 1.807) is 47.0 Å². The third-order valence-corrected chi connectivity index (χ3v) is 5.87. The smallest absolute Gasteiger partial charge is 0.320 e. The number of rotatable bonds is 9. The van der Waals surface area contributed by atoms with E-state index >= 15 is 0 Å². The van der Waals surface area contributed by atoms with Crippen molar-refractivity contribution in [1.29, 1.82) is 0 Å². The van der Waals surface area contributed by atoms with Gasteiger partial charge in [-0.3, -0.25) is 13.9 Å². The minimum absolute atomic E-state index is 0.146. The molecule has 0 saturated heterocycles. The molecule has 9 heteroatoms. The number of aromatic nitrogens is 4. The van der Waals surface area contributed by atoms with Gasteiger partial charge >= 0.3 is 6.55 Å². The lowest BCUT2D eigenvalue weighted by molar-refractivity contribution is 0.0722. The first-order valence-corrected chi connectivity index (χ1v) is 11.0. The van der Waals surface area contributed by atoms with Gasteiger partial charge in [0.2, 0.25) is 0 Å². The number of halogens is 2. The van der Waals surface area contributed by atoms with Crippen LogP contribution < -0.4 is 5.56 Å². The zero-order chi connectivity index (χ0) is 21.8. The highest BCUT2D eigenvalue weighted by atomic mass is 32.2. The monoisotopic (exact) mass is 444 g/mol. The van der Waals surface area contributed by atoms with Crippen LogP contribution in [0.3, 0.4) is 0 Å². The number of hydrogen-bond donors (Lipinski definition) is 0. The molecular weight excluding hydrogens is 422 g/mol. The first-order valence-electron chi connectivity index (χ1n) is 10.0. The molecule has 4 aromatic rings. The van der Waals surface area contributed by atoms with Crippen molar-refractivity contribution in [3.8, 4) is 0 Å². The maximum absolute atomic E-state index is 13.7. The summed E-state index contributed by atoms with van der Waals surface area (Å²) in [7, 11) is 0. The normalized spacial score (nSPS) is 11.7. The van der Waals surface area contributed by atoms with E-state index in [9.17, 15) is 13.6 Å². The fourth-order valence-electron chi connectivity index (χ4n) is 3.47. The van der Waals surface area contributed by atoms with Gasteiger partial charge < -0.3 is 4.74 Å². The highest BCUT2D eigenvalue weighted by Gasteiger charge is 2.19. The zero-order valence-electron chi connectivity index (χ0n) is 17.0. The minimum Gasteiger partial charge on any atom is -0.382 e. The molecule has 2 aromatic heterocycles. The van der Waals surface area contributed by atoms with E-state index in [1.165, 1.54) is 11.8 Å². The Labute approximate surface area is 181 Å². The number of para-hydroxylation sites is 3. The van der Waals surface area contributed by atoms with E-state index in [0.29, 0.717) is 53.3 Å². The number of alkyl halides is 2. The summed E-state index contributed by atoms with van der Waals surface area (Å²) in [5, 5.41) is 1.01. The van der Waals surface area contributed by atoms with Gasteiger partial charge in [0.25, 0.3) is 5.56 Å². The van der Waals surface area contributed by atoms with Crippen molar-refractivity contribution in [1.82, 2.24) is 19.1 Å². The third-order valence-electron chi connectivity index (χ3n) is 4.90. The van der Waals surface area contributed by atoms with Crippen LogP contribution in [0, 0.1) is 0 Å². The Bertz CT molecular complexity index is 1260. The molecule has 0 aliphatic rings. The lowest BCUT2D eigenvalue weighted by Gasteiger charge is -2.13. The second-order valence-electron chi connectivity index (χ2n) is 6.87. The molecule has 0 fully saturated rings. The Balaban J connectivity index is 1.68. The van der Waals surface area contributed by atoms with Gasteiger partial charge in [0.1, 0.15) is 5.82 Å². The van der Waals surface area contributed by atoms with Crippen molar-refractivity contribution >= 4 is 33.7 Å². The molecule has 0 atom stereocenters. The molecule has 2 aromatic carbocycles. The summed E-state index contributed by atoms with van der Waals surface area (Å²) >= 11 is 1.23. The van der Waals surface area contributed by atoms with Crippen molar-refractivity contribution < 1.29 is 13.5 Å². The van der Waals surface area contributed by atoms with E-state index < -0.39 is 6.55 Å². The van der Waals surface area contributed by atoms with Crippen LogP contribution in [-0.4, -0.2) is 32.3 Å². The predicted octanol–water partition coefficient (Wildman–Crippen LogP) is 4.86. The number of hydrogen-bond acceptors (Lipinski definition) is 5. The second kappa shape index (κ2) is 9.57. The van der Waals surface area contributed by atoms with Gasteiger partial charge in [0.15, 0.2) is 5.16 Å². The van der Waals surface area contributed by atoms with Crippen molar-refractivity contribution in [3.63, 3.8) is 0 Å². The van der Waals surface area contributed by atoms with Crippen LogP contribution in [-0.2, 0) is 17.0 Å². The first kappa shape index (κ1) is 21.5. The molecule has 0 saturated carbocycles. The van der Waals surface area contributed by atoms with Gasteiger partial charge in [0.05, 0.1) is 27.7 Å². The Morgan fingerprint density at radius 1 is 1.06 bits per heavy atom. The number of thioether (sulfide) groups is 1. The standard InChI is InChI=1S/C22H22F2N4O2S/c1-2-30-13-7-12-27-20(29)15-8-3-4-9-16(15)26-22(27)31-14-19-25-17-10-5-6-11-18(17)28(19)21(23)24/h3-6,8-11,21H,2,7,12-14H2,1H3. The number of nitrogens with zero attached hydrogens (tertiary/aromatic N) is 4. The number of fused-ring (bicyclic) bond motifs is 2. The van der Waals surface area contributed by atoms with Crippen LogP contribution in [0.4, 0.5) is 8.78 Å². The Kier molecular flexibility index (Phi) is 6.62. The van der Waals surface area contributed by atoms with E-state index in [-0.39, 0.29) is 17.1 Å². The van der Waals surface area contributed by atoms with Crippen LogP contribution in [0.5, 0.6) is 0 Å². The number of benzene rings is 2. The summed E-state index contributed by atoms with van der Waals surface area (Å²) in [6.45, 7) is 0.780.